The number of para-hydroxylation sites is 1. The summed E-state index contributed by atoms with van der Waals surface area (Å²) >= 11 is 0. The van der Waals surface area contributed by atoms with E-state index in [-0.39, 0.29) is 5.75 Å². The maximum Gasteiger partial charge on any atom is 0.168 e. The molecule has 0 spiro atoms. The number of hydrogen-bond acceptors (Lipinski definition) is 2. The predicted octanol–water partition coefficient (Wildman–Crippen LogP) is 4.79. The van der Waals surface area contributed by atoms with Crippen molar-refractivity contribution in [3.05, 3.63) is 59.4 Å². The molecule has 106 valence electrons. The minimum Gasteiger partial charge on any atom is -0.454 e. The van der Waals surface area contributed by atoms with E-state index < -0.39 is 11.9 Å². The summed E-state index contributed by atoms with van der Waals surface area (Å²) in [5.41, 5.74) is 1.64. The van der Waals surface area contributed by atoms with E-state index in [1.54, 1.807) is 19.1 Å². The monoisotopic (exact) mass is 274 g/mol. The zero-order valence-corrected chi connectivity index (χ0v) is 11.9. The Balaban J connectivity index is 2.30. The maximum atomic E-state index is 13.9. The molecule has 0 fully saturated rings. The molecule has 0 amide bonds. The first kappa shape index (κ1) is 14.5. The van der Waals surface area contributed by atoms with Gasteiger partial charge in [-0.2, -0.15) is 0 Å². The van der Waals surface area contributed by atoms with Crippen molar-refractivity contribution < 1.29 is 14.2 Å². The molecule has 0 aromatic heterocycles. The lowest BCUT2D eigenvalue weighted by Crippen LogP contribution is -1.98. The van der Waals surface area contributed by atoms with Crippen LogP contribution in [0.1, 0.15) is 43.9 Å². The summed E-state index contributed by atoms with van der Waals surface area (Å²) in [4.78, 5) is 0. The van der Waals surface area contributed by atoms with E-state index in [1.165, 1.54) is 11.6 Å². The van der Waals surface area contributed by atoms with Gasteiger partial charge in [0.2, 0.25) is 0 Å². The van der Waals surface area contributed by atoms with Crippen LogP contribution in [0.5, 0.6) is 11.5 Å². The van der Waals surface area contributed by atoms with E-state index in [9.17, 15) is 9.50 Å². The normalized spacial score (nSPS) is 12.5. The third-order valence-corrected chi connectivity index (χ3v) is 3.21. The zero-order valence-electron chi connectivity index (χ0n) is 11.9. The lowest BCUT2D eigenvalue weighted by molar-refractivity contribution is 0.194. The van der Waals surface area contributed by atoms with Gasteiger partial charge in [-0.1, -0.05) is 38.1 Å². The SMILES string of the molecule is CC(C)c1ccc(Oc2c(F)cccc2C(C)O)cc1. The summed E-state index contributed by atoms with van der Waals surface area (Å²) in [5.74, 6) is 0.600. The van der Waals surface area contributed by atoms with Crippen LogP contribution in [0.25, 0.3) is 0 Å². The molecule has 1 unspecified atom stereocenters. The summed E-state index contributed by atoms with van der Waals surface area (Å²) in [6.07, 6.45) is -0.782. The van der Waals surface area contributed by atoms with Gasteiger partial charge in [-0.05, 0) is 36.6 Å². The lowest BCUT2D eigenvalue weighted by Gasteiger charge is -2.14. The van der Waals surface area contributed by atoms with Crippen molar-refractivity contribution in [1.82, 2.24) is 0 Å². The highest BCUT2D eigenvalue weighted by Gasteiger charge is 2.14. The predicted molar refractivity (Wildman–Crippen MR) is 77.6 cm³/mol. The second-order valence-electron chi connectivity index (χ2n) is 5.16. The molecule has 0 bridgehead atoms. The van der Waals surface area contributed by atoms with E-state index in [0.29, 0.717) is 17.2 Å². The Labute approximate surface area is 118 Å². The third kappa shape index (κ3) is 3.17. The Morgan fingerprint density at radius 3 is 2.20 bits per heavy atom. The minimum atomic E-state index is -0.782. The number of rotatable bonds is 4. The molecule has 0 saturated heterocycles. The first-order chi connectivity index (χ1) is 9.49. The number of aliphatic hydroxyl groups excluding tert-OH is 1. The Morgan fingerprint density at radius 1 is 1.00 bits per heavy atom. The van der Waals surface area contributed by atoms with E-state index in [4.69, 9.17) is 4.74 Å². The standard InChI is InChI=1S/C17H19FO2/c1-11(2)13-7-9-14(10-8-13)20-17-15(12(3)19)5-4-6-16(17)18/h4-12,19H,1-3H3. The van der Waals surface area contributed by atoms with Gasteiger partial charge < -0.3 is 9.84 Å². The number of halogens is 1. The molecule has 2 rings (SSSR count). The van der Waals surface area contributed by atoms with Crippen molar-refractivity contribution in [2.75, 3.05) is 0 Å². The fourth-order valence-electron chi connectivity index (χ4n) is 2.00. The van der Waals surface area contributed by atoms with Gasteiger partial charge >= 0.3 is 0 Å². The quantitative estimate of drug-likeness (QED) is 0.868. The van der Waals surface area contributed by atoms with E-state index in [0.717, 1.165) is 0 Å². The highest BCUT2D eigenvalue weighted by atomic mass is 19.1. The van der Waals surface area contributed by atoms with Gasteiger partial charge in [0.25, 0.3) is 0 Å². The van der Waals surface area contributed by atoms with Gasteiger partial charge in [0.05, 0.1) is 6.10 Å². The Kier molecular flexibility index (Phi) is 4.40. The van der Waals surface area contributed by atoms with Crippen LogP contribution in [0.4, 0.5) is 4.39 Å². The molecule has 0 aliphatic rings. The summed E-state index contributed by atoms with van der Waals surface area (Å²) in [6, 6.07) is 12.1. The number of benzene rings is 2. The van der Waals surface area contributed by atoms with Crippen LogP contribution in [-0.4, -0.2) is 5.11 Å². The Morgan fingerprint density at radius 2 is 1.65 bits per heavy atom. The molecular formula is C17H19FO2. The summed E-state index contributed by atoms with van der Waals surface area (Å²) in [6.45, 7) is 5.81. The smallest absolute Gasteiger partial charge is 0.168 e. The molecule has 20 heavy (non-hydrogen) atoms. The number of aliphatic hydroxyl groups is 1. The first-order valence-corrected chi connectivity index (χ1v) is 6.73. The highest BCUT2D eigenvalue weighted by molar-refractivity contribution is 5.41. The molecule has 2 aromatic rings. The van der Waals surface area contributed by atoms with Crippen molar-refractivity contribution in [2.45, 2.75) is 32.8 Å². The van der Waals surface area contributed by atoms with Crippen molar-refractivity contribution in [3.63, 3.8) is 0 Å². The molecule has 0 saturated carbocycles. The van der Waals surface area contributed by atoms with E-state index in [2.05, 4.69) is 13.8 Å². The van der Waals surface area contributed by atoms with Crippen LogP contribution in [0.15, 0.2) is 42.5 Å². The van der Waals surface area contributed by atoms with E-state index in [1.807, 2.05) is 24.3 Å². The largest absolute Gasteiger partial charge is 0.454 e. The van der Waals surface area contributed by atoms with Crippen LogP contribution in [0.2, 0.25) is 0 Å². The van der Waals surface area contributed by atoms with Gasteiger partial charge in [0.15, 0.2) is 11.6 Å². The van der Waals surface area contributed by atoms with Gasteiger partial charge in [-0.3, -0.25) is 0 Å². The second-order valence-corrected chi connectivity index (χ2v) is 5.16. The van der Waals surface area contributed by atoms with E-state index >= 15 is 0 Å². The van der Waals surface area contributed by atoms with Crippen molar-refractivity contribution in [1.29, 1.82) is 0 Å². The minimum absolute atomic E-state index is 0.0831. The van der Waals surface area contributed by atoms with Crippen molar-refractivity contribution in [2.24, 2.45) is 0 Å². The zero-order chi connectivity index (χ0) is 14.7. The van der Waals surface area contributed by atoms with Crippen molar-refractivity contribution >= 4 is 0 Å². The fraction of sp³-hybridized carbons (Fsp3) is 0.294. The average Bonchev–Trinajstić information content (AvgIpc) is 2.41. The van der Waals surface area contributed by atoms with Crippen LogP contribution in [0.3, 0.4) is 0 Å². The molecule has 0 heterocycles. The van der Waals surface area contributed by atoms with Gasteiger partial charge in [0.1, 0.15) is 5.75 Å². The molecule has 0 aliphatic carbocycles. The Hall–Kier alpha value is -1.87. The summed E-state index contributed by atoms with van der Waals surface area (Å²) in [7, 11) is 0. The molecule has 0 aliphatic heterocycles. The molecular weight excluding hydrogens is 255 g/mol. The topological polar surface area (TPSA) is 29.5 Å². The number of ether oxygens (including phenoxy) is 1. The van der Waals surface area contributed by atoms with Crippen LogP contribution in [-0.2, 0) is 0 Å². The van der Waals surface area contributed by atoms with Gasteiger partial charge in [-0.25, -0.2) is 4.39 Å². The summed E-state index contributed by atoms with van der Waals surface area (Å²) < 4.78 is 19.5. The van der Waals surface area contributed by atoms with Gasteiger partial charge in [-0.15, -0.1) is 0 Å². The third-order valence-electron chi connectivity index (χ3n) is 3.21. The second kappa shape index (κ2) is 6.06. The molecule has 1 atom stereocenters. The average molecular weight is 274 g/mol. The molecule has 0 radical (unpaired) electrons. The highest BCUT2D eigenvalue weighted by Crippen LogP contribution is 2.32. The van der Waals surface area contributed by atoms with Crippen LogP contribution < -0.4 is 4.74 Å². The molecule has 3 heteroatoms. The summed E-state index contributed by atoms with van der Waals surface area (Å²) in [5, 5.41) is 9.68. The Bertz CT molecular complexity index is 574. The van der Waals surface area contributed by atoms with Gasteiger partial charge in [0, 0.05) is 5.56 Å². The van der Waals surface area contributed by atoms with Crippen molar-refractivity contribution in [3.8, 4) is 11.5 Å². The lowest BCUT2D eigenvalue weighted by atomic mass is 10.0. The first-order valence-electron chi connectivity index (χ1n) is 6.73. The molecule has 2 aromatic carbocycles. The van der Waals surface area contributed by atoms with Crippen LogP contribution in [0, 0.1) is 5.82 Å². The number of hydrogen-bond donors (Lipinski definition) is 1. The fourth-order valence-corrected chi connectivity index (χ4v) is 2.00. The van der Waals surface area contributed by atoms with Crippen LogP contribution >= 0.6 is 0 Å². The maximum absolute atomic E-state index is 13.9. The molecule has 1 N–H and O–H groups in total. The molecule has 2 nitrogen and oxygen atoms in total.